The SMILES string of the molecule is CC1(C)C(/C=C/C=C/C=C2\N(CCCS(=O)(=O)O)c3ccc(SOOO)cc3C2(C)CCCCCCO)=[N+](CCCS(=O)(=O)O)c2ccc(S(=O)(=O)O)cc21. The van der Waals surface area contributed by atoms with E-state index in [0.29, 0.717) is 29.0 Å². The smallest absolute Gasteiger partial charge is 0.294 e. The molecule has 2 aromatic rings. The molecule has 0 radical (unpaired) electrons. The van der Waals surface area contributed by atoms with Crippen molar-refractivity contribution in [3.63, 3.8) is 0 Å². The number of hydrogen-bond donors (Lipinski definition) is 5. The van der Waals surface area contributed by atoms with E-state index >= 15 is 0 Å². The third-order valence-electron chi connectivity index (χ3n) is 9.91. The fourth-order valence-electron chi connectivity index (χ4n) is 7.31. The van der Waals surface area contributed by atoms with E-state index < -0.39 is 52.7 Å². The van der Waals surface area contributed by atoms with Gasteiger partial charge in [-0.2, -0.15) is 29.8 Å². The molecule has 0 bridgehead atoms. The van der Waals surface area contributed by atoms with Crippen molar-refractivity contribution >= 4 is 59.5 Å². The van der Waals surface area contributed by atoms with Crippen LogP contribution in [0.2, 0.25) is 0 Å². The van der Waals surface area contributed by atoms with Crippen LogP contribution in [0.4, 0.5) is 11.4 Å². The van der Waals surface area contributed by atoms with Gasteiger partial charge in [-0.3, -0.25) is 13.7 Å². The maximum absolute atomic E-state index is 12.0. The Hall–Kier alpha value is -2.95. The number of aliphatic hydroxyl groups is 1. The third-order valence-corrected chi connectivity index (χ3v) is 12.9. The lowest BCUT2D eigenvalue weighted by Crippen LogP contribution is -2.30. The molecule has 2 aromatic carbocycles. The molecule has 304 valence electrons. The van der Waals surface area contributed by atoms with Gasteiger partial charge in [-0.25, -0.2) is 5.26 Å². The van der Waals surface area contributed by atoms with Gasteiger partial charge in [-0.15, -0.1) is 4.33 Å². The summed E-state index contributed by atoms with van der Waals surface area (Å²) in [6.45, 7) is 6.43. The fourth-order valence-corrected chi connectivity index (χ4v) is 9.20. The molecule has 55 heavy (non-hydrogen) atoms. The van der Waals surface area contributed by atoms with E-state index in [4.69, 9.17) is 5.26 Å². The summed E-state index contributed by atoms with van der Waals surface area (Å²) in [4.78, 5) is 2.40. The summed E-state index contributed by atoms with van der Waals surface area (Å²) in [5, 5.41) is 21.8. The standard InChI is InChI=1S/C36H48N2O13S4/c1-35(2)29-26-28(55(47,48)49)16-18-31(29)37(20-11-23-53(41,42)43)33(35)13-7-6-8-14-34-36(3,19-9-4-5-10-22-39)30-25-27(52-51-50-40)15-17-32(30)38(34)21-12-24-54(44,45)46/h6-8,13-18,25-26,39H,4-5,9-12,19-24H2,1-3H3,(H3-,40,41,42,43,44,45,46,47,48,49)/p+1. The maximum atomic E-state index is 12.0. The van der Waals surface area contributed by atoms with Crippen LogP contribution in [0.5, 0.6) is 0 Å². The van der Waals surface area contributed by atoms with Crippen molar-refractivity contribution < 1.29 is 63.2 Å². The van der Waals surface area contributed by atoms with E-state index in [0.717, 1.165) is 54.0 Å². The summed E-state index contributed by atoms with van der Waals surface area (Å²) >= 11 is 0.821. The highest BCUT2D eigenvalue weighted by molar-refractivity contribution is 7.94. The van der Waals surface area contributed by atoms with Gasteiger partial charge in [0.1, 0.15) is 6.54 Å². The van der Waals surface area contributed by atoms with Gasteiger partial charge in [-0.05, 0) is 82.0 Å². The van der Waals surface area contributed by atoms with Gasteiger partial charge in [0.15, 0.2) is 5.71 Å². The van der Waals surface area contributed by atoms with Gasteiger partial charge in [-0.1, -0.05) is 42.5 Å². The molecule has 1 atom stereocenters. The van der Waals surface area contributed by atoms with Crippen molar-refractivity contribution in [3.8, 4) is 0 Å². The van der Waals surface area contributed by atoms with Crippen molar-refractivity contribution in [3.05, 3.63) is 83.6 Å². The lowest BCUT2D eigenvalue weighted by atomic mass is 9.77. The van der Waals surface area contributed by atoms with E-state index in [1.807, 2.05) is 53.7 Å². The molecule has 19 heteroatoms. The largest absolute Gasteiger partial charge is 0.396 e. The molecule has 5 N–H and O–H groups in total. The monoisotopic (exact) mass is 845 g/mol. The van der Waals surface area contributed by atoms with Crippen molar-refractivity contribution in [1.82, 2.24) is 0 Å². The normalized spacial score (nSPS) is 19.3. The molecular weight excluding hydrogens is 797 g/mol. The van der Waals surface area contributed by atoms with Crippen LogP contribution in [0.3, 0.4) is 0 Å². The van der Waals surface area contributed by atoms with E-state index in [9.17, 15) is 44.0 Å². The molecule has 0 fully saturated rings. The highest BCUT2D eigenvalue weighted by Crippen LogP contribution is 2.52. The summed E-state index contributed by atoms with van der Waals surface area (Å²) in [5.41, 5.74) is 3.25. The van der Waals surface area contributed by atoms with Crippen LogP contribution in [0.15, 0.2) is 82.3 Å². The van der Waals surface area contributed by atoms with Gasteiger partial charge in [0.05, 0.1) is 33.9 Å². The van der Waals surface area contributed by atoms with Crippen LogP contribution in [-0.4, -0.2) is 90.8 Å². The Morgan fingerprint density at radius 2 is 1.51 bits per heavy atom. The zero-order valence-electron chi connectivity index (χ0n) is 30.9. The Morgan fingerprint density at radius 1 is 0.818 bits per heavy atom. The minimum atomic E-state index is -4.50. The molecule has 0 aromatic heterocycles. The molecule has 4 rings (SSSR count). The molecule has 2 heterocycles. The number of rotatable bonds is 21. The average Bonchev–Trinajstić information content (AvgIpc) is 3.44. The first-order chi connectivity index (χ1) is 25.7. The first-order valence-electron chi connectivity index (χ1n) is 17.6. The minimum absolute atomic E-state index is 0.0829. The second-order valence-electron chi connectivity index (χ2n) is 14.2. The minimum Gasteiger partial charge on any atom is -0.396 e. The van der Waals surface area contributed by atoms with E-state index in [-0.39, 0.29) is 37.4 Å². The first-order valence-corrected chi connectivity index (χ1v) is 23.0. The molecule has 0 saturated carbocycles. The van der Waals surface area contributed by atoms with E-state index in [2.05, 4.69) is 16.3 Å². The molecule has 1 unspecified atom stereocenters. The van der Waals surface area contributed by atoms with Crippen molar-refractivity contribution in [2.45, 2.75) is 86.3 Å². The Labute approximate surface area is 327 Å². The lowest BCUT2D eigenvalue weighted by Gasteiger charge is -2.30. The van der Waals surface area contributed by atoms with Crippen LogP contribution in [0.25, 0.3) is 0 Å². The molecule has 0 spiro atoms. The van der Waals surface area contributed by atoms with Crippen molar-refractivity contribution in [2.75, 3.05) is 36.1 Å². The van der Waals surface area contributed by atoms with Gasteiger partial charge < -0.3 is 10.0 Å². The van der Waals surface area contributed by atoms with Crippen LogP contribution < -0.4 is 4.90 Å². The van der Waals surface area contributed by atoms with Crippen LogP contribution in [0.1, 0.15) is 76.8 Å². The molecule has 0 saturated heterocycles. The molecule has 2 aliphatic rings. The lowest BCUT2D eigenvalue weighted by molar-refractivity contribution is -0.437. The van der Waals surface area contributed by atoms with E-state index in [1.165, 1.54) is 12.1 Å². The topological polar surface area (TPSA) is 228 Å². The number of benzene rings is 2. The summed E-state index contributed by atoms with van der Waals surface area (Å²) in [6, 6.07) is 9.81. The summed E-state index contributed by atoms with van der Waals surface area (Å²) in [5.74, 6) is -0.903. The predicted molar refractivity (Wildman–Crippen MR) is 209 cm³/mol. The number of anilines is 1. The second kappa shape index (κ2) is 18.5. The van der Waals surface area contributed by atoms with Crippen LogP contribution in [-0.2, 0) is 50.6 Å². The summed E-state index contributed by atoms with van der Waals surface area (Å²) in [6.07, 6.45) is 13.4. The number of fused-ring (bicyclic) bond motifs is 2. The molecule has 15 nitrogen and oxygen atoms in total. The zero-order chi connectivity index (χ0) is 40.7. The van der Waals surface area contributed by atoms with Crippen molar-refractivity contribution in [1.29, 1.82) is 0 Å². The highest BCUT2D eigenvalue weighted by Gasteiger charge is 2.45. The fraction of sp³-hybridized carbons (Fsp3) is 0.472. The number of aliphatic hydroxyl groups excluding tert-OH is 1. The molecule has 0 amide bonds. The predicted octanol–water partition coefficient (Wildman–Crippen LogP) is 6.01. The molecular formula is C36H49N2O13S4+. The number of hydrogen-bond acceptors (Lipinski definition) is 12. The van der Waals surface area contributed by atoms with Gasteiger partial charge in [0.25, 0.3) is 30.4 Å². The van der Waals surface area contributed by atoms with Crippen LogP contribution in [0, 0.1) is 0 Å². The van der Waals surface area contributed by atoms with Gasteiger partial charge >= 0.3 is 0 Å². The second-order valence-corrected chi connectivity index (χ2v) is 19.5. The number of allylic oxidation sites excluding steroid dienone is 6. The zero-order valence-corrected chi connectivity index (χ0v) is 34.1. The summed E-state index contributed by atoms with van der Waals surface area (Å²) < 4.78 is 105. The first kappa shape index (κ1) is 44.8. The third kappa shape index (κ3) is 11.6. The maximum Gasteiger partial charge on any atom is 0.294 e. The van der Waals surface area contributed by atoms with Gasteiger partial charge in [0, 0.05) is 59.0 Å². The Balaban J connectivity index is 1.74. The Bertz CT molecular complexity index is 2160. The van der Waals surface area contributed by atoms with Gasteiger partial charge in [0.2, 0.25) is 5.69 Å². The molecule has 2 aliphatic heterocycles. The Morgan fingerprint density at radius 3 is 2.16 bits per heavy atom. The van der Waals surface area contributed by atoms with E-state index in [1.54, 1.807) is 24.3 Å². The van der Waals surface area contributed by atoms with Crippen LogP contribution >= 0.6 is 12.0 Å². The average molecular weight is 846 g/mol. The number of nitrogens with zero attached hydrogens (tertiary/aromatic N) is 2. The highest BCUT2D eigenvalue weighted by atomic mass is 32.2. The summed E-state index contributed by atoms with van der Waals surface area (Å²) in [7, 11) is -12.9. The quantitative estimate of drug-likeness (QED) is 0.0184. The Kier molecular flexibility index (Phi) is 15.1. The molecule has 0 aliphatic carbocycles. The number of unbranched alkanes of at least 4 members (excludes halogenated alkanes) is 3. The van der Waals surface area contributed by atoms with Crippen molar-refractivity contribution in [2.24, 2.45) is 0 Å².